The van der Waals surface area contributed by atoms with Crippen molar-refractivity contribution in [1.29, 1.82) is 0 Å². The van der Waals surface area contributed by atoms with Gasteiger partial charge in [-0.05, 0) is 24.8 Å². The number of likely N-dealkylation sites (tertiary alicyclic amines) is 1. The first-order valence-corrected chi connectivity index (χ1v) is 8.06. The zero-order valence-corrected chi connectivity index (χ0v) is 13.7. The van der Waals surface area contributed by atoms with E-state index >= 15 is 0 Å². The molecular weight excluding hydrogens is 290 g/mol. The van der Waals surface area contributed by atoms with Gasteiger partial charge in [0.2, 0.25) is 0 Å². The van der Waals surface area contributed by atoms with Crippen LogP contribution in [0.25, 0.3) is 11.3 Å². The molecular formula is C18H23N3O2. The van der Waals surface area contributed by atoms with Crippen LogP contribution in [-0.2, 0) is 11.8 Å². The third kappa shape index (κ3) is 3.45. The van der Waals surface area contributed by atoms with Gasteiger partial charge < -0.3 is 9.64 Å². The lowest BCUT2D eigenvalue weighted by Crippen LogP contribution is -2.41. The first kappa shape index (κ1) is 15.7. The van der Waals surface area contributed by atoms with Crippen LogP contribution in [0.4, 0.5) is 0 Å². The van der Waals surface area contributed by atoms with E-state index in [0.717, 1.165) is 37.2 Å². The van der Waals surface area contributed by atoms with Crippen molar-refractivity contribution in [2.45, 2.75) is 12.8 Å². The molecule has 5 heteroatoms. The van der Waals surface area contributed by atoms with Crippen LogP contribution in [0.5, 0.6) is 0 Å². The summed E-state index contributed by atoms with van der Waals surface area (Å²) in [6, 6.07) is 11.8. The molecule has 1 aliphatic rings. The van der Waals surface area contributed by atoms with E-state index in [1.165, 1.54) is 0 Å². The van der Waals surface area contributed by atoms with E-state index in [1.54, 1.807) is 11.8 Å². The topological polar surface area (TPSA) is 47.4 Å². The summed E-state index contributed by atoms with van der Waals surface area (Å²) in [6.07, 6.45) is 2.15. The molecule has 0 saturated carbocycles. The summed E-state index contributed by atoms with van der Waals surface area (Å²) in [4.78, 5) is 14.8. The van der Waals surface area contributed by atoms with Crippen molar-refractivity contribution < 1.29 is 9.53 Å². The van der Waals surface area contributed by atoms with Crippen LogP contribution in [0.3, 0.4) is 0 Å². The number of ether oxygens (including phenoxy) is 1. The van der Waals surface area contributed by atoms with Gasteiger partial charge in [0, 0.05) is 32.8 Å². The van der Waals surface area contributed by atoms with Crippen LogP contribution in [0.2, 0.25) is 0 Å². The van der Waals surface area contributed by atoms with Crippen molar-refractivity contribution in [3.8, 4) is 11.3 Å². The van der Waals surface area contributed by atoms with E-state index in [0.29, 0.717) is 18.2 Å². The second-order valence-corrected chi connectivity index (χ2v) is 6.12. The lowest BCUT2D eigenvalue weighted by Gasteiger charge is -2.32. The molecule has 23 heavy (non-hydrogen) atoms. The Balaban J connectivity index is 1.79. The van der Waals surface area contributed by atoms with Crippen molar-refractivity contribution in [3.05, 3.63) is 42.1 Å². The van der Waals surface area contributed by atoms with Crippen LogP contribution in [0, 0.1) is 5.92 Å². The number of aromatic nitrogens is 2. The summed E-state index contributed by atoms with van der Waals surface area (Å²) in [7, 11) is 3.55. The zero-order valence-electron chi connectivity index (χ0n) is 13.7. The van der Waals surface area contributed by atoms with E-state index in [2.05, 4.69) is 5.10 Å². The molecule has 0 spiro atoms. The number of hydrogen-bond donors (Lipinski definition) is 0. The fourth-order valence-electron chi connectivity index (χ4n) is 3.20. The number of carbonyl (C=O) groups excluding carboxylic acids is 1. The maximum absolute atomic E-state index is 12.8. The molecule has 1 aromatic heterocycles. The average Bonchev–Trinajstić information content (AvgIpc) is 2.97. The quantitative estimate of drug-likeness (QED) is 0.871. The minimum absolute atomic E-state index is 0.0583. The molecule has 1 amide bonds. The van der Waals surface area contributed by atoms with Gasteiger partial charge in [0.1, 0.15) is 5.69 Å². The van der Waals surface area contributed by atoms with Gasteiger partial charge in [-0.15, -0.1) is 0 Å². The Bertz CT molecular complexity index is 664. The first-order valence-electron chi connectivity index (χ1n) is 8.06. The molecule has 1 unspecified atom stereocenters. The van der Waals surface area contributed by atoms with Crippen LogP contribution in [0.15, 0.2) is 36.4 Å². The lowest BCUT2D eigenvalue weighted by atomic mass is 9.98. The number of amides is 1. The number of benzene rings is 1. The van der Waals surface area contributed by atoms with Crippen LogP contribution in [-0.4, -0.2) is 47.4 Å². The summed E-state index contributed by atoms with van der Waals surface area (Å²) in [5.74, 6) is 0.488. The van der Waals surface area contributed by atoms with Gasteiger partial charge in [-0.25, -0.2) is 0 Å². The van der Waals surface area contributed by atoms with Gasteiger partial charge in [-0.2, -0.15) is 5.10 Å². The zero-order chi connectivity index (χ0) is 16.2. The SMILES string of the molecule is COCC1CCCN(C(=O)c2cc(-c3ccccc3)nn2C)C1. The summed E-state index contributed by atoms with van der Waals surface area (Å²) in [5, 5.41) is 4.50. The molecule has 1 saturated heterocycles. The van der Waals surface area contributed by atoms with E-state index < -0.39 is 0 Å². The second-order valence-electron chi connectivity index (χ2n) is 6.12. The minimum atomic E-state index is 0.0583. The molecule has 1 fully saturated rings. The summed E-state index contributed by atoms with van der Waals surface area (Å²) >= 11 is 0. The molecule has 1 aromatic carbocycles. The molecule has 0 bridgehead atoms. The molecule has 2 heterocycles. The van der Waals surface area contributed by atoms with Crippen LogP contribution < -0.4 is 0 Å². The van der Waals surface area contributed by atoms with Gasteiger partial charge in [0.05, 0.1) is 12.3 Å². The summed E-state index contributed by atoms with van der Waals surface area (Å²) in [5.41, 5.74) is 2.50. The number of piperidine rings is 1. The molecule has 2 aromatic rings. The monoisotopic (exact) mass is 313 g/mol. The van der Waals surface area contributed by atoms with E-state index in [1.807, 2.05) is 48.3 Å². The molecule has 0 N–H and O–H groups in total. The van der Waals surface area contributed by atoms with Gasteiger partial charge in [0.15, 0.2) is 0 Å². The van der Waals surface area contributed by atoms with Crippen molar-refractivity contribution in [3.63, 3.8) is 0 Å². The highest BCUT2D eigenvalue weighted by Gasteiger charge is 2.26. The predicted molar refractivity (Wildman–Crippen MR) is 89.1 cm³/mol. The van der Waals surface area contributed by atoms with Crippen LogP contribution in [0.1, 0.15) is 23.3 Å². The third-order valence-electron chi connectivity index (χ3n) is 4.38. The fourth-order valence-corrected chi connectivity index (χ4v) is 3.20. The van der Waals surface area contributed by atoms with E-state index in [4.69, 9.17) is 4.74 Å². The Labute approximate surface area is 136 Å². The Kier molecular flexibility index (Phi) is 4.76. The van der Waals surface area contributed by atoms with Crippen molar-refractivity contribution >= 4 is 5.91 Å². The maximum atomic E-state index is 12.8. The Morgan fingerprint density at radius 3 is 2.87 bits per heavy atom. The predicted octanol–water partition coefficient (Wildman–Crippen LogP) is 2.59. The smallest absolute Gasteiger partial charge is 0.272 e. The molecule has 0 radical (unpaired) electrons. The number of rotatable bonds is 4. The normalized spacial score (nSPS) is 18.2. The third-order valence-corrected chi connectivity index (χ3v) is 4.38. The number of aryl methyl sites for hydroxylation is 1. The fraction of sp³-hybridized carbons (Fsp3) is 0.444. The number of methoxy groups -OCH3 is 1. The first-order chi connectivity index (χ1) is 11.2. The largest absolute Gasteiger partial charge is 0.384 e. The van der Waals surface area contributed by atoms with Crippen molar-refractivity contribution in [1.82, 2.24) is 14.7 Å². The number of nitrogens with zero attached hydrogens (tertiary/aromatic N) is 3. The minimum Gasteiger partial charge on any atom is -0.384 e. The molecule has 1 aliphatic heterocycles. The number of carbonyl (C=O) groups is 1. The highest BCUT2D eigenvalue weighted by molar-refractivity contribution is 5.93. The molecule has 1 atom stereocenters. The number of hydrogen-bond acceptors (Lipinski definition) is 3. The molecule has 0 aliphatic carbocycles. The Morgan fingerprint density at radius 1 is 1.35 bits per heavy atom. The van der Waals surface area contributed by atoms with Crippen molar-refractivity contribution in [2.75, 3.05) is 26.8 Å². The van der Waals surface area contributed by atoms with Gasteiger partial charge in [-0.3, -0.25) is 9.48 Å². The van der Waals surface area contributed by atoms with Gasteiger partial charge in [-0.1, -0.05) is 30.3 Å². The molecule has 122 valence electrons. The molecule has 5 nitrogen and oxygen atoms in total. The standard InChI is InChI=1S/C18H23N3O2/c1-20-17(11-16(19-20)15-8-4-3-5-9-15)18(22)21-10-6-7-14(12-21)13-23-2/h3-5,8-9,11,14H,6-7,10,12-13H2,1-2H3. The van der Waals surface area contributed by atoms with Gasteiger partial charge >= 0.3 is 0 Å². The van der Waals surface area contributed by atoms with Gasteiger partial charge in [0.25, 0.3) is 5.91 Å². The average molecular weight is 313 g/mol. The van der Waals surface area contributed by atoms with E-state index in [9.17, 15) is 4.79 Å². The Morgan fingerprint density at radius 2 is 2.13 bits per heavy atom. The lowest BCUT2D eigenvalue weighted by molar-refractivity contribution is 0.0561. The summed E-state index contributed by atoms with van der Waals surface area (Å²) in [6.45, 7) is 2.29. The highest BCUT2D eigenvalue weighted by Crippen LogP contribution is 2.22. The van der Waals surface area contributed by atoms with Crippen LogP contribution >= 0.6 is 0 Å². The second kappa shape index (κ2) is 6.96. The van der Waals surface area contributed by atoms with Crippen molar-refractivity contribution in [2.24, 2.45) is 13.0 Å². The molecule has 3 rings (SSSR count). The van der Waals surface area contributed by atoms with E-state index in [-0.39, 0.29) is 5.91 Å². The Hall–Kier alpha value is -2.14. The summed E-state index contributed by atoms with van der Waals surface area (Å²) < 4.78 is 6.93. The maximum Gasteiger partial charge on any atom is 0.272 e. The highest BCUT2D eigenvalue weighted by atomic mass is 16.5.